The first-order valence-electron chi connectivity index (χ1n) is 30.9. The summed E-state index contributed by atoms with van der Waals surface area (Å²) in [5, 5.41) is 54.8. The van der Waals surface area contributed by atoms with Crippen molar-refractivity contribution in [3.8, 4) is 0 Å². The lowest BCUT2D eigenvalue weighted by molar-refractivity contribution is -0.302. The molecule has 7 unspecified atom stereocenters. The second kappa shape index (κ2) is 51.4. The van der Waals surface area contributed by atoms with Gasteiger partial charge in [0, 0.05) is 6.42 Å². The van der Waals surface area contributed by atoms with Crippen LogP contribution in [0.15, 0.2) is 12.2 Å². The number of carbonyl (C=O) groups is 1. The molecule has 1 aliphatic heterocycles. The van der Waals surface area contributed by atoms with Gasteiger partial charge < -0.3 is 40.3 Å². The molecule has 0 saturated carbocycles. The number of aliphatic hydroxyl groups is 5. The number of unbranched alkanes of at least 4 members (excludes halogenated alkanes) is 42. The number of hydrogen-bond donors (Lipinski definition) is 6. The van der Waals surface area contributed by atoms with Crippen LogP contribution >= 0.6 is 0 Å². The molecule has 1 saturated heterocycles. The van der Waals surface area contributed by atoms with Crippen LogP contribution in [0.2, 0.25) is 0 Å². The van der Waals surface area contributed by atoms with Crippen LogP contribution in [0.3, 0.4) is 0 Å². The van der Waals surface area contributed by atoms with Gasteiger partial charge >= 0.3 is 0 Å². The summed E-state index contributed by atoms with van der Waals surface area (Å²) in [6.45, 7) is 3.89. The fourth-order valence-electron chi connectivity index (χ4n) is 10.2. The van der Waals surface area contributed by atoms with Gasteiger partial charge in [-0.1, -0.05) is 283 Å². The largest absolute Gasteiger partial charge is 0.394 e. The number of nitrogens with one attached hydrogen (secondary N) is 1. The highest BCUT2D eigenvalue weighted by molar-refractivity contribution is 5.76. The molecule has 0 spiro atoms. The Morgan fingerprint density at radius 1 is 0.471 bits per heavy atom. The first-order chi connectivity index (χ1) is 34.3. The highest BCUT2D eigenvalue weighted by Crippen LogP contribution is 2.23. The standard InChI is InChI=1S/C61H119NO8/c1-3-5-7-9-11-13-15-17-19-21-23-25-27-28-29-30-32-34-36-38-40-42-44-46-48-50-55(64)54(53-69-61-60(68)59(67)58(66)56(52-63)70-61)62-57(65)51-49-47-45-43-41-39-37-35-33-31-26-24-22-20-18-16-14-12-10-8-6-4-2/h31,33,54-56,58-61,63-64,66-68H,3-30,32,34-53H2,1-2H3,(H,62,65)/b33-31-. The van der Waals surface area contributed by atoms with E-state index in [1.807, 2.05) is 0 Å². The molecule has 7 atom stereocenters. The molecule has 0 radical (unpaired) electrons. The zero-order valence-corrected chi connectivity index (χ0v) is 46.3. The van der Waals surface area contributed by atoms with Crippen molar-refractivity contribution in [2.24, 2.45) is 0 Å². The van der Waals surface area contributed by atoms with Crippen molar-refractivity contribution in [2.45, 2.75) is 358 Å². The van der Waals surface area contributed by atoms with Crippen LogP contribution in [-0.4, -0.2) is 87.5 Å². The van der Waals surface area contributed by atoms with Crippen molar-refractivity contribution in [1.82, 2.24) is 5.32 Å². The van der Waals surface area contributed by atoms with Gasteiger partial charge in [0.2, 0.25) is 5.91 Å². The number of carbonyl (C=O) groups excluding carboxylic acids is 1. The lowest BCUT2D eigenvalue weighted by atomic mass is 9.99. The summed E-state index contributed by atoms with van der Waals surface area (Å²) in [6, 6.07) is -0.719. The van der Waals surface area contributed by atoms with Crippen LogP contribution in [0, 0.1) is 0 Å². The Hall–Kier alpha value is -1.07. The zero-order chi connectivity index (χ0) is 50.8. The van der Waals surface area contributed by atoms with Crippen LogP contribution in [-0.2, 0) is 14.3 Å². The summed E-state index contributed by atoms with van der Waals surface area (Å²) in [7, 11) is 0. The molecular weight excluding hydrogens is 875 g/mol. The molecule has 6 N–H and O–H groups in total. The Morgan fingerprint density at radius 3 is 1.16 bits per heavy atom. The number of allylic oxidation sites excluding steroid dienone is 2. The molecule has 9 heteroatoms. The van der Waals surface area contributed by atoms with E-state index < -0.39 is 49.5 Å². The van der Waals surface area contributed by atoms with Crippen molar-refractivity contribution in [1.29, 1.82) is 0 Å². The van der Waals surface area contributed by atoms with Crippen LogP contribution < -0.4 is 5.32 Å². The lowest BCUT2D eigenvalue weighted by Crippen LogP contribution is -2.60. The minimum atomic E-state index is -1.55. The second-order valence-electron chi connectivity index (χ2n) is 21.9. The number of rotatable bonds is 54. The third-order valence-corrected chi connectivity index (χ3v) is 15.1. The molecule has 0 aromatic rings. The zero-order valence-electron chi connectivity index (χ0n) is 46.3. The predicted octanol–water partition coefficient (Wildman–Crippen LogP) is 15.6. The number of amides is 1. The van der Waals surface area contributed by atoms with Crippen LogP contribution in [0.5, 0.6) is 0 Å². The maximum atomic E-state index is 13.1. The Kier molecular flexibility index (Phi) is 49.2. The molecule has 1 fully saturated rings. The summed E-state index contributed by atoms with van der Waals surface area (Å²) in [6.07, 6.45) is 56.8. The lowest BCUT2D eigenvalue weighted by Gasteiger charge is -2.40. The number of hydrogen-bond acceptors (Lipinski definition) is 8. The summed E-state index contributed by atoms with van der Waals surface area (Å²) < 4.78 is 11.3. The van der Waals surface area contributed by atoms with Crippen molar-refractivity contribution in [2.75, 3.05) is 13.2 Å². The average Bonchev–Trinajstić information content (AvgIpc) is 3.36. The van der Waals surface area contributed by atoms with Crippen molar-refractivity contribution < 1.29 is 39.8 Å². The molecule has 416 valence electrons. The molecular formula is C61H119NO8. The average molecular weight is 995 g/mol. The van der Waals surface area contributed by atoms with Gasteiger partial charge in [-0.2, -0.15) is 0 Å². The molecule has 9 nitrogen and oxygen atoms in total. The van der Waals surface area contributed by atoms with E-state index in [1.54, 1.807) is 0 Å². The first-order valence-corrected chi connectivity index (χ1v) is 30.9. The number of aliphatic hydroxyl groups excluding tert-OH is 5. The molecule has 1 rings (SSSR count). The van der Waals surface area contributed by atoms with Gasteiger partial charge in [0.15, 0.2) is 6.29 Å². The predicted molar refractivity (Wildman–Crippen MR) is 295 cm³/mol. The van der Waals surface area contributed by atoms with Gasteiger partial charge in [0.1, 0.15) is 24.4 Å². The van der Waals surface area contributed by atoms with Crippen LogP contribution in [0.1, 0.15) is 316 Å². The molecule has 1 aliphatic rings. The molecule has 0 aromatic carbocycles. The second-order valence-corrected chi connectivity index (χ2v) is 21.9. The van der Waals surface area contributed by atoms with Gasteiger partial charge in [0.25, 0.3) is 0 Å². The van der Waals surface area contributed by atoms with E-state index in [-0.39, 0.29) is 12.5 Å². The molecule has 1 amide bonds. The van der Waals surface area contributed by atoms with Crippen molar-refractivity contribution in [3.05, 3.63) is 12.2 Å². The fraction of sp³-hybridized carbons (Fsp3) is 0.951. The summed E-state index contributed by atoms with van der Waals surface area (Å²) >= 11 is 0. The van der Waals surface area contributed by atoms with Gasteiger partial charge in [-0.15, -0.1) is 0 Å². The quantitative estimate of drug-likeness (QED) is 0.0261. The van der Waals surface area contributed by atoms with E-state index in [9.17, 15) is 30.3 Å². The van der Waals surface area contributed by atoms with Crippen molar-refractivity contribution in [3.63, 3.8) is 0 Å². The third kappa shape index (κ3) is 40.3. The Labute approximate surface area is 433 Å². The topological polar surface area (TPSA) is 149 Å². The minimum absolute atomic E-state index is 0.135. The van der Waals surface area contributed by atoms with Gasteiger partial charge in [0.05, 0.1) is 25.4 Å². The summed E-state index contributed by atoms with van der Waals surface area (Å²) in [5.74, 6) is -0.142. The molecule has 0 aliphatic carbocycles. The van der Waals surface area contributed by atoms with Crippen LogP contribution in [0.4, 0.5) is 0 Å². The molecule has 1 heterocycles. The maximum absolute atomic E-state index is 13.1. The van der Waals surface area contributed by atoms with E-state index >= 15 is 0 Å². The monoisotopic (exact) mass is 994 g/mol. The number of ether oxygens (including phenoxy) is 2. The molecule has 0 aromatic heterocycles. The normalized spacial score (nSPS) is 19.3. The van der Waals surface area contributed by atoms with E-state index in [0.717, 1.165) is 38.5 Å². The fourth-order valence-corrected chi connectivity index (χ4v) is 10.2. The summed E-state index contributed by atoms with van der Waals surface area (Å²) in [4.78, 5) is 13.1. The molecule has 0 bridgehead atoms. The molecule has 70 heavy (non-hydrogen) atoms. The smallest absolute Gasteiger partial charge is 0.220 e. The van der Waals surface area contributed by atoms with Gasteiger partial charge in [-0.05, 0) is 38.5 Å². The van der Waals surface area contributed by atoms with E-state index in [4.69, 9.17) is 9.47 Å². The SMILES string of the molecule is CCCCCCCCCCCCC/C=C\CCCCCCCCCC(=O)NC(COC1OC(CO)C(O)C(O)C1O)C(O)CCCCCCCCCCCCCCCCCCCCCCCCCCC. The van der Waals surface area contributed by atoms with Crippen LogP contribution in [0.25, 0.3) is 0 Å². The highest BCUT2D eigenvalue weighted by atomic mass is 16.7. The Morgan fingerprint density at radius 2 is 0.800 bits per heavy atom. The third-order valence-electron chi connectivity index (χ3n) is 15.1. The Bertz CT molecular complexity index is 1110. The Balaban J connectivity index is 2.17. The van der Waals surface area contributed by atoms with E-state index in [0.29, 0.717) is 12.8 Å². The maximum Gasteiger partial charge on any atom is 0.220 e. The highest BCUT2D eigenvalue weighted by Gasteiger charge is 2.44. The summed E-state index contributed by atoms with van der Waals surface area (Å²) in [5.41, 5.74) is 0. The first kappa shape index (κ1) is 66.9. The van der Waals surface area contributed by atoms with Gasteiger partial charge in [-0.25, -0.2) is 0 Å². The van der Waals surface area contributed by atoms with Crippen molar-refractivity contribution >= 4 is 5.91 Å². The van der Waals surface area contributed by atoms with E-state index in [1.165, 1.54) is 250 Å². The van der Waals surface area contributed by atoms with Gasteiger partial charge in [-0.3, -0.25) is 4.79 Å². The van der Waals surface area contributed by atoms with E-state index in [2.05, 4.69) is 31.3 Å². The minimum Gasteiger partial charge on any atom is -0.394 e.